The minimum Gasteiger partial charge on any atom is -0.465 e. The highest BCUT2D eigenvalue weighted by Crippen LogP contribution is 2.22. The third-order valence-corrected chi connectivity index (χ3v) is 6.40. The van der Waals surface area contributed by atoms with Gasteiger partial charge in [0.15, 0.2) is 5.16 Å². The average Bonchev–Trinajstić information content (AvgIpc) is 3.33. The molecule has 0 bridgehead atoms. The number of hydrogen-bond donors (Lipinski definition) is 1. The maximum Gasteiger partial charge on any atom is 0.337 e. The van der Waals surface area contributed by atoms with Crippen molar-refractivity contribution in [2.24, 2.45) is 0 Å². The number of fused-ring (bicyclic) bond motifs is 1. The van der Waals surface area contributed by atoms with Crippen LogP contribution in [-0.2, 0) is 20.8 Å². The van der Waals surface area contributed by atoms with Gasteiger partial charge in [0, 0.05) is 12.3 Å². The second-order valence-electron chi connectivity index (χ2n) is 7.87. The van der Waals surface area contributed by atoms with Gasteiger partial charge in [0.1, 0.15) is 0 Å². The van der Waals surface area contributed by atoms with E-state index in [1.165, 1.54) is 24.9 Å². The first-order valence-corrected chi connectivity index (χ1v) is 11.7. The lowest BCUT2D eigenvalue weighted by Crippen LogP contribution is -2.29. The summed E-state index contributed by atoms with van der Waals surface area (Å²) >= 11 is 1.18. The molecule has 1 atom stereocenters. The number of carbonyl (C=O) groups excluding carboxylic acids is 2. The largest absolute Gasteiger partial charge is 0.465 e. The number of thioether (sulfide) groups is 1. The number of carbonyl (C=O) groups is 2. The van der Waals surface area contributed by atoms with Crippen LogP contribution >= 0.6 is 11.8 Å². The topological polar surface area (TPSA) is 99.5 Å². The van der Waals surface area contributed by atoms with Gasteiger partial charge in [-0.1, -0.05) is 29.5 Å². The molecule has 0 radical (unpaired) electrons. The highest BCUT2D eigenvalue weighted by molar-refractivity contribution is 7.99. The van der Waals surface area contributed by atoms with Crippen molar-refractivity contribution in [2.75, 3.05) is 24.8 Å². The minimum absolute atomic E-state index is 0.0722. The molecule has 3 aromatic rings. The molecule has 4 rings (SSSR count). The zero-order valence-corrected chi connectivity index (χ0v) is 19.3. The number of amides is 1. The van der Waals surface area contributed by atoms with Gasteiger partial charge < -0.3 is 14.8 Å². The predicted octanol–water partition coefficient (Wildman–Crippen LogP) is 3.40. The molecule has 8 nitrogen and oxygen atoms in total. The van der Waals surface area contributed by atoms with E-state index < -0.39 is 5.97 Å². The number of aryl methyl sites for hydroxylation is 1. The number of benzene rings is 2. The van der Waals surface area contributed by atoms with Crippen molar-refractivity contribution in [1.82, 2.24) is 9.55 Å². The van der Waals surface area contributed by atoms with E-state index in [4.69, 9.17) is 9.47 Å². The maximum absolute atomic E-state index is 13.3. The molecule has 0 saturated carbocycles. The summed E-state index contributed by atoms with van der Waals surface area (Å²) in [4.78, 5) is 42.4. The molecule has 1 unspecified atom stereocenters. The van der Waals surface area contributed by atoms with Crippen LogP contribution in [0.1, 0.15) is 28.8 Å². The zero-order valence-electron chi connectivity index (χ0n) is 18.5. The van der Waals surface area contributed by atoms with E-state index in [2.05, 4.69) is 10.3 Å². The Morgan fingerprint density at radius 1 is 1.24 bits per heavy atom. The Morgan fingerprint density at radius 2 is 2.03 bits per heavy atom. The molecule has 9 heteroatoms. The molecule has 1 fully saturated rings. The molecule has 1 aliphatic rings. The lowest BCUT2D eigenvalue weighted by Gasteiger charge is -2.16. The first kappa shape index (κ1) is 23.0. The predicted molar refractivity (Wildman–Crippen MR) is 127 cm³/mol. The number of ether oxygens (including phenoxy) is 2. The van der Waals surface area contributed by atoms with E-state index in [1.54, 1.807) is 16.7 Å². The lowest BCUT2D eigenvalue weighted by molar-refractivity contribution is -0.113. The fourth-order valence-electron chi connectivity index (χ4n) is 3.67. The number of hydrogen-bond acceptors (Lipinski definition) is 7. The van der Waals surface area contributed by atoms with Crippen molar-refractivity contribution in [1.29, 1.82) is 0 Å². The van der Waals surface area contributed by atoms with Crippen molar-refractivity contribution < 1.29 is 19.1 Å². The van der Waals surface area contributed by atoms with E-state index >= 15 is 0 Å². The number of esters is 1. The van der Waals surface area contributed by atoms with Crippen LogP contribution in [0.15, 0.2) is 52.4 Å². The van der Waals surface area contributed by atoms with Crippen LogP contribution in [0, 0.1) is 6.92 Å². The Morgan fingerprint density at radius 3 is 2.73 bits per heavy atom. The summed E-state index contributed by atoms with van der Waals surface area (Å²) in [5, 5.41) is 3.66. The summed E-state index contributed by atoms with van der Waals surface area (Å²) < 4.78 is 12.1. The second-order valence-corrected chi connectivity index (χ2v) is 8.81. The van der Waals surface area contributed by atoms with E-state index in [0.717, 1.165) is 18.4 Å². The van der Waals surface area contributed by atoms with E-state index in [9.17, 15) is 14.4 Å². The van der Waals surface area contributed by atoms with Crippen molar-refractivity contribution in [2.45, 2.75) is 37.6 Å². The van der Waals surface area contributed by atoms with Gasteiger partial charge in [-0.3, -0.25) is 14.2 Å². The lowest BCUT2D eigenvalue weighted by atomic mass is 10.1. The smallest absolute Gasteiger partial charge is 0.337 e. The average molecular weight is 468 g/mol. The highest BCUT2D eigenvalue weighted by Gasteiger charge is 2.21. The molecule has 2 heterocycles. The SMILES string of the molecule is COC(=O)c1ccc2c(=O)n(CC3CCCO3)c(SCC(=O)Nc3ccc(C)cc3)nc2c1. The summed E-state index contributed by atoms with van der Waals surface area (Å²) in [6.07, 6.45) is 1.74. The first-order valence-electron chi connectivity index (χ1n) is 10.7. The van der Waals surface area contributed by atoms with Gasteiger partial charge in [0.25, 0.3) is 5.56 Å². The summed E-state index contributed by atoms with van der Waals surface area (Å²) in [5.74, 6) is -0.632. The van der Waals surface area contributed by atoms with Crippen molar-refractivity contribution in [3.63, 3.8) is 0 Å². The van der Waals surface area contributed by atoms with Crippen molar-refractivity contribution in [3.05, 3.63) is 63.9 Å². The van der Waals surface area contributed by atoms with Gasteiger partial charge in [-0.25, -0.2) is 9.78 Å². The van der Waals surface area contributed by atoms with Gasteiger partial charge in [0.05, 0.1) is 42.0 Å². The Kier molecular flexibility index (Phi) is 7.10. The third-order valence-electron chi connectivity index (χ3n) is 5.42. The molecular formula is C24H25N3O5S. The molecule has 1 N–H and O–H groups in total. The number of nitrogens with zero attached hydrogens (tertiary/aromatic N) is 2. The van der Waals surface area contributed by atoms with Crippen LogP contribution in [0.2, 0.25) is 0 Å². The van der Waals surface area contributed by atoms with Crippen molar-refractivity contribution in [3.8, 4) is 0 Å². The molecular weight excluding hydrogens is 442 g/mol. The number of anilines is 1. The Balaban J connectivity index is 1.62. The van der Waals surface area contributed by atoms with Gasteiger partial charge in [-0.05, 0) is 50.1 Å². The minimum atomic E-state index is -0.506. The summed E-state index contributed by atoms with van der Waals surface area (Å²) in [6.45, 7) is 3.01. The quantitative estimate of drug-likeness (QED) is 0.323. The number of aromatic nitrogens is 2. The molecule has 0 aliphatic carbocycles. The highest BCUT2D eigenvalue weighted by atomic mass is 32.2. The normalized spacial score (nSPS) is 15.5. The fraction of sp³-hybridized carbons (Fsp3) is 0.333. The Labute approximate surface area is 195 Å². The second kappa shape index (κ2) is 10.2. The molecule has 2 aromatic carbocycles. The van der Waals surface area contributed by atoms with E-state index in [0.29, 0.717) is 40.5 Å². The Bertz CT molecular complexity index is 1230. The first-order chi connectivity index (χ1) is 15.9. The van der Waals surface area contributed by atoms with Gasteiger partial charge in [0.2, 0.25) is 5.91 Å². The monoisotopic (exact) mass is 467 g/mol. The molecule has 1 saturated heterocycles. The molecule has 1 aromatic heterocycles. The molecule has 172 valence electrons. The zero-order chi connectivity index (χ0) is 23.4. The standard InChI is InChI=1S/C24H25N3O5S/c1-15-5-8-17(9-6-15)25-21(28)14-33-24-26-20-12-16(23(30)31-2)7-10-19(20)22(29)27(24)13-18-4-3-11-32-18/h5-10,12,18H,3-4,11,13-14H2,1-2H3,(H,25,28). The number of rotatable bonds is 7. The van der Waals surface area contributed by atoms with Gasteiger partial charge in [-0.2, -0.15) is 0 Å². The molecule has 33 heavy (non-hydrogen) atoms. The molecule has 0 spiro atoms. The third kappa shape index (κ3) is 5.43. The van der Waals surface area contributed by atoms with Crippen LogP contribution in [0.5, 0.6) is 0 Å². The maximum atomic E-state index is 13.3. The molecule has 1 aliphatic heterocycles. The van der Waals surface area contributed by atoms with Crippen molar-refractivity contribution >= 4 is 40.2 Å². The van der Waals surface area contributed by atoms with Crippen LogP contribution in [0.4, 0.5) is 5.69 Å². The van der Waals surface area contributed by atoms with Crippen LogP contribution < -0.4 is 10.9 Å². The van der Waals surface area contributed by atoms with E-state index in [-0.39, 0.29) is 23.3 Å². The van der Waals surface area contributed by atoms with Crippen LogP contribution in [0.3, 0.4) is 0 Å². The number of methoxy groups -OCH3 is 1. The summed E-state index contributed by atoms with van der Waals surface area (Å²) in [5.41, 5.74) is 2.27. The summed E-state index contributed by atoms with van der Waals surface area (Å²) in [7, 11) is 1.30. The van der Waals surface area contributed by atoms with Crippen LogP contribution in [0.25, 0.3) is 10.9 Å². The Hall–Kier alpha value is -3.17. The van der Waals surface area contributed by atoms with Gasteiger partial charge >= 0.3 is 5.97 Å². The molecule has 1 amide bonds. The van der Waals surface area contributed by atoms with E-state index in [1.807, 2.05) is 31.2 Å². The van der Waals surface area contributed by atoms with Gasteiger partial charge in [-0.15, -0.1) is 0 Å². The fourth-order valence-corrected chi connectivity index (χ4v) is 4.48. The summed E-state index contributed by atoms with van der Waals surface area (Å²) in [6, 6.07) is 12.2. The number of nitrogens with one attached hydrogen (secondary N) is 1. The van der Waals surface area contributed by atoms with Crippen LogP contribution in [-0.4, -0.2) is 47.0 Å².